The number of aliphatic hydroxyl groups excluding tert-OH is 1. The highest BCUT2D eigenvalue weighted by atomic mass is 16.3. The third-order valence-electron chi connectivity index (χ3n) is 4.33. The Kier molecular flexibility index (Phi) is 4.28. The van der Waals surface area contributed by atoms with E-state index in [9.17, 15) is 5.11 Å². The van der Waals surface area contributed by atoms with Crippen LogP contribution in [0.3, 0.4) is 0 Å². The summed E-state index contributed by atoms with van der Waals surface area (Å²) in [5.74, 6) is 0.414. The number of aromatic nitrogens is 1. The van der Waals surface area contributed by atoms with Crippen molar-refractivity contribution in [2.24, 2.45) is 5.92 Å². The molecule has 2 unspecified atom stereocenters. The lowest BCUT2D eigenvalue weighted by molar-refractivity contribution is 0.0695. The molecule has 0 aliphatic heterocycles. The molecule has 3 rings (SSSR count). The van der Waals surface area contributed by atoms with E-state index < -0.39 is 0 Å². The van der Waals surface area contributed by atoms with Gasteiger partial charge in [-0.15, -0.1) is 0 Å². The topological polar surface area (TPSA) is 45.1 Å². The van der Waals surface area contributed by atoms with Crippen molar-refractivity contribution in [3.8, 4) is 0 Å². The van der Waals surface area contributed by atoms with Gasteiger partial charge in [0, 0.05) is 24.7 Å². The van der Waals surface area contributed by atoms with Crippen LogP contribution in [0.25, 0.3) is 10.9 Å². The number of aliphatic hydroxyl groups is 1. The smallest absolute Gasteiger partial charge is 0.0705 e. The van der Waals surface area contributed by atoms with Crippen LogP contribution in [0.2, 0.25) is 0 Å². The summed E-state index contributed by atoms with van der Waals surface area (Å²) in [6, 6.07) is 10.3. The molecule has 106 valence electrons. The molecular formula is C17H22N2O. The van der Waals surface area contributed by atoms with E-state index in [1.54, 1.807) is 0 Å². The summed E-state index contributed by atoms with van der Waals surface area (Å²) in [7, 11) is 0. The molecule has 3 heteroatoms. The molecule has 2 atom stereocenters. The predicted octanol–water partition coefficient (Wildman–Crippen LogP) is 2.88. The van der Waals surface area contributed by atoms with E-state index in [2.05, 4.69) is 28.5 Å². The van der Waals surface area contributed by atoms with Crippen LogP contribution < -0.4 is 5.32 Å². The van der Waals surface area contributed by atoms with Crippen LogP contribution in [0.15, 0.2) is 36.5 Å². The van der Waals surface area contributed by atoms with Gasteiger partial charge in [-0.25, -0.2) is 0 Å². The zero-order valence-electron chi connectivity index (χ0n) is 11.8. The van der Waals surface area contributed by atoms with Gasteiger partial charge in [0.05, 0.1) is 11.6 Å². The lowest BCUT2D eigenvalue weighted by Gasteiger charge is -2.27. The number of nitrogens with one attached hydrogen (secondary N) is 1. The van der Waals surface area contributed by atoms with Gasteiger partial charge < -0.3 is 10.4 Å². The molecule has 20 heavy (non-hydrogen) atoms. The van der Waals surface area contributed by atoms with Gasteiger partial charge in [-0.3, -0.25) is 4.98 Å². The van der Waals surface area contributed by atoms with Crippen molar-refractivity contribution in [2.75, 3.05) is 6.54 Å². The third kappa shape index (κ3) is 3.00. The second-order valence-corrected chi connectivity index (χ2v) is 5.73. The molecule has 1 aliphatic carbocycles. The molecule has 2 aromatic rings. The van der Waals surface area contributed by atoms with Gasteiger partial charge in [0.1, 0.15) is 0 Å². The Labute approximate surface area is 120 Å². The average molecular weight is 270 g/mol. The molecule has 0 saturated heterocycles. The number of para-hydroxylation sites is 1. The highest BCUT2D eigenvalue weighted by Gasteiger charge is 2.22. The molecule has 1 aliphatic rings. The first-order valence-electron chi connectivity index (χ1n) is 7.56. The van der Waals surface area contributed by atoms with Gasteiger partial charge in [0.2, 0.25) is 0 Å². The first kappa shape index (κ1) is 13.5. The van der Waals surface area contributed by atoms with Crippen LogP contribution in [0, 0.1) is 5.92 Å². The third-order valence-corrected chi connectivity index (χ3v) is 4.33. The van der Waals surface area contributed by atoms with Crippen LogP contribution in [0.4, 0.5) is 0 Å². The van der Waals surface area contributed by atoms with Crippen LogP contribution in [0.5, 0.6) is 0 Å². The highest BCUT2D eigenvalue weighted by Crippen LogP contribution is 2.24. The van der Waals surface area contributed by atoms with Gasteiger partial charge in [-0.1, -0.05) is 31.0 Å². The lowest BCUT2D eigenvalue weighted by Crippen LogP contribution is -2.33. The Balaban J connectivity index is 1.62. The van der Waals surface area contributed by atoms with E-state index in [1.807, 2.05) is 18.3 Å². The summed E-state index contributed by atoms with van der Waals surface area (Å²) < 4.78 is 0. The van der Waals surface area contributed by atoms with Gasteiger partial charge in [0.25, 0.3) is 0 Å². The number of hydrogen-bond donors (Lipinski definition) is 2. The number of rotatable bonds is 4. The van der Waals surface area contributed by atoms with Crippen molar-refractivity contribution < 1.29 is 5.11 Å². The second kappa shape index (κ2) is 6.33. The van der Waals surface area contributed by atoms with Crippen molar-refractivity contribution in [1.29, 1.82) is 0 Å². The maximum absolute atomic E-state index is 9.99. The van der Waals surface area contributed by atoms with Crippen LogP contribution in [-0.4, -0.2) is 22.7 Å². The Hall–Kier alpha value is -1.45. The predicted molar refractivity (Wildman–Crippen MR) is 81.4 cm³/mol. The zero-order valence-corrected chi connectivity index (χ0v) is 11.8. The van der Waals surface area contributed by atoms with Crippen molar-refractivity contribution in [3.05, 3.63) is 42.1 Å². The number of benzene rings is 1. The minimum Gasteiger partial charge on any atom is -0.393 e. The van der Waals surface area contributed by atoms with E-state index in [4.69, 9.17) is 0 Å². The molecule has 1 fully saturated rings. The molecule has 3 nitrogen and oxygen atoms in total. The molecule has 0 radical (unpaired) electrons. The van der Waals surface area contributed by atoms with Crippen molar-refractivity contribution in [2.45, 2.75) is 38.3 Å². The molecule has 1 aromatic heterocycles. The Morgan fingerprint density at radius 3 is 2.90 bits per heavy atom. The van der Waals surface area contributed by atoms with Crippen LogP contribution >= 0.6 is 0 Å². The van der Waals surface area contributed by atoms with Crippen molar-refractivity contribution >= 4 is 10.9 Å². The van der Waals surface area contributed by atoms with Crippen LogP contribution in [0.1, 0.15) is 31.2 Å². The van der Waals surface area contributed by atoms with E-state index in [0.717, 1.165) is 31.4 Å². The number of fused-ring (bicyclic) bond motifs is 1. The quantitative estimate of drug-likeness (QED) is 0.898. The normalized spacial score (nSPS) is 23.1. The fourth-order valence-corrected chi connectivity index (χ4v) is 3.13. The maximum Gasteiger partial charge on any atom is 0.0705 e. The molecule has 1 aromatic carbocycles. The van der Waals surface area contributed by atoms with Gasteiger partial charge in [-0.05, 0) is 36.5 Å². The summed E-state index contributed by atoms with van der Waals surface area (Å²) in [6.07, 6.45) is 6.28. The standard InChI is InChI=1S/C17H22N2O/c20-17-8-4-1-5-14(17)12-18-11-13-9-10-19-16-7-3-2-6-15(13)16/h2-3,6-7,9-10,14,17-18,20H,1,4-5,8,11-12H2. The average Bonchev–Trinajstić information content (AvgIpc) is 2.49. The fraction of sp³-hybridized carbons (Fsp3) is 0.471. The fourth-order valence-electron chi connectivity index (χ4n) is 3.13. The molecule has 0 spiro atoms. The molecule has 1 saturated carbocycles. The summed E-state index contributed by atoms with van der Waals surface area (Å²) in [6.45, 7) is 1.74. The first-order valence-corrected chi connectivity index (χ1v) is 7.56. The van der Waals surface area contributed by atoms with E-state index in [-0.39, 0.29) is 6.10 Å². The minimum absolute atomic E-state index is 0.120. The Morgan fingerprint density at radius 2 is 2.00 bits per heavy atom. The number of nitrogens with zero attached hydrogens (tertiary/aromatic N) is 1. The van der Waals surface area contributed by atoms with Gasteiger partial charge in [-0.2, -0.15) is 0 Å². The number of pyridine rings is 1. The summed E-state index contributed by atoms with van der Waals surface area (Å²) >= 11 is 0. The highest BCUT2D eigenvalue weighted by molar-refractivity contribution is 5.81. The summed E-state index contributed by atoms with van der Waals surface area (Å²) in [5.41, 5.74) is 2.32. The van der Waals surface area contributed by atoms with Crippen molar-refractivity contribution in [1.82, 2.24) is 10.3 Å². The van der Waals surface area contributed by atoms with Crippen LogP contribution in [-0.2, 0) is 6.54 Å². The Morgan fingerprint density at radius 1 is 1.15 bits per heavy atom. The maximum atomic E-state index is 9.99. The van der Waals surface area contributed by atoms with Gasteiger partial charge >= 0.3 is 0 Å². The number of hydrogen-bond acceptors (Lipinski definition) is 3. The molecule has 0 bridgehead atoms. The lowest BCUT2D eigenvalue weighted by atomic mass is 9.86. The van der Waals surface area contributed by atoms with Crippen molar-refractivity contribution in [3.63, 3.8) is 0 Å². The monoisotopic (exact) mass is 270 g/mol. The molecular weight excluding hydrogens is 248 g/mol. The molecule has 1 heterocycles. The Bertz CT molecular complexity index is 564. The molecule has 0 amide bonds. The largest absolute Gasteiger partial charge is 0.393 e. The SMILES string of the molecule is OC1CCCCC1CNCc1ccnc2ccccc12. The summed E-state index contributed by atoms with van der Waals surface area (Å²) in [5, 5.41) is 14.7. The zero-order chi connectivity index (χ0) is 13.8. The van der Waals surface area contributed by atoms with E-state index >= 15 is 0 Å². The van der Waals surface area contributed by atoms with E-state index in [0.29, 0.717) is 5.92 Å². The van der Waals surface area contributed by atoms with Gasteiger partial charge in [0.15, 0.2) is 0 Å². The first-order chi connectivity index (χ1) is 9.84. The summed E-state index contributed by atoms with van der Waals surface area (Å²) in [4.78, 5) is 4.38. The molecule has 2 N–H and O–H groups in total. The second-order valence-electron chi connectivity index (χ2n) is 5.73. The van der Waals surface area contributed by atoms with E-state index in [1.165, 1.54) is 23.8 Å². The minimum atomic E-state index is -0.120.